The zero-order valence-electron chi connectivity index (χ0n) is 17.7. The fourth-order valence-corrected chi connectivity index (χ4v) is 4.22. The minimum Gasteiger partial charge on any atom is -0.379 e. The monoisotopic (exact) mass is 480 g/mol. The van der Waals surface area contributed by atoms with Gasteiger partial charge < -0.3 is 19.9 Å². The molecule has 1 N–H and O–H groups in total. The first-order valence-corrected chi connectivity index (χ1v) is 11.4. The van der Waals surface area contributed by atoms with Gasteiger partial charge in [-0.25, -0.2) is 4.98 Å². The Morgan fingerprint density at radius 3 is 2.41 bits per heavy atom. The lowest BCUT2D eigenvalue weighted by molar-refractivity contribution is -0.384. The number of nitrogens with one attached hydrogen (secondary N) is 1. The molecule has 1 aromatic heterocycles. The van der Waals surface area contributed by atoms with Crippen LogP contribution in [0.1, 0.15) is 0 Å². The lowest BCUT2D eigenvalue weighted by atomic mass is 10.2. The van der Waals surface area contributed by atoms with E-state index in [1.807, 2.05) is 12.1 Å². The summed E-state index contributed by atoms with van der Waals surface area (Å²) < 4.78 is 5.36. The van der Waals surface area contributed by atoms with Crippen molar-refractivity contribution in [1.82, 2.24) is 9.88 Å². The third-order valence-electron chi connectivity index (χ3n) is 5.75. The van der Waals surface area contributed by atoms with Crippen molar-refractivity contribution in [2.45, 2.75) is 0 Å². The minimum atomic E-state index is -0.393. The van der Waals surface area contributed by atoms with Crippen LogP contribution in [0, 0.1) is 10.1 Å². The third-order valence-corrected chi connectivity index (χ3v) is 6.49. The van der Waals surface area contributed by atoms with Crippen molar-refractivity contribution in [2.75, 3.05) is 80.7 Å². The summed E-state index contributed by atoms with van der Waals surface area (Å²) >= 11 is 12.2. The summed E-state index contributed by atoms with van der Waals surface area (Å²) in [6, 6.07) is 8.90. The van der Waals surface area contributed by atoms with Gasteiger partial charge in [-0.05, 0) is 24.3 Å². The van der Waals surface area contributed by atoms with E-state index in [2.05, 4.69) is 25.0 Å². The molecule has 0 bridgehead atoms. The Morgan fingerprint density at radius 2 is 1.72 bits per heavy atom. The predicted molar refractivity (Wildman–Crippen MR) is 128 cm³/mol. The van der Waals surface area contributed by atoms with E-state index in [0.717, 1.165) is 70.5 Å². The number of piperazine rings is 1. The van der Waals surface area contributed by atoms with Crippen LogP contribution >= 0.6 is 23.2 Å². The number of benzene rings is 1. The minimum absolute atomic E-state index is 0.00910. The van der Waals surface area contributed by atoms with Gasteiger partial charge in [0.05, 0.1) is 28.2 Å². The topological polar surface area (TPSA) is 87.0 Å². The van der Waals surface area contributed by atoms with Gasteiger partial charge in [-0.3, -0.25) is 15.0 Å². The van der Waals surface area contributed by atoms with Crippen LogP contribution in [-0.4, -0.2) is 80.4 Å². The average molecular weight is 481 g/mol. The fraction of sp³-hybridized carbons (Fsp3) is 0.476. The van der Waals surface area contributed by atoms with Crippen molar-refractivity contribution < 1.29 is 9.66 Å². The number of morpholine rings is 1. The van der Waals surface area contributed by atoms with Crippen LogP contribution in [-0.2, 0) is 4.74 Å². The van der Waals surface area contributed by atoms with E-state index in [-0.39, 0.29) is 5.69 Å². The van der Waals surface area contributed by atoms with Gasteiger partial charge >= 0.3 is 5.69 Å². The highest BCUT2D eigenvalue weighted by atomic mass is 35.5. The molecule has 0 spiro atoms. The van der Waals surface area contributed by atoms with Crippen LogP contribution in [0.2, 0.25) is 10.0 Å². The molecule has 4 rings (SSSR count). The largest absolute Gasteiger partial charge is 0.379 e. The molecule has 2 aliphatic rings. The highest BCUT2D eigenvalue weighted by molar-refractivity contribution is 6.42. The van der Waals surface area contributed by atoms with Crippen molar-refractivity contribution in [2.24, 2.45) is 0 Å². The second-order valence-corrected chi connectivity index (χ2v) is 8.56. The molecule has 0 amide bonds. The van der Waals surface area contributed by atoms with E-state index in [0.29, 0.717) is 22.4 Å². The zero-order valence-corrected chi connectivity index (χ0v) is 19.2. The Labute approximate surface area is 197 Å². The molecule has 0 aliphatic carbocycles. The molecule has 0 saturated carbocycles. The fourth-order valence-electron chi connectivity index (χ4n) is 3.93. The van der Waals surface area contributed by atoms with Crippen molar-refractivity contribution >= 4 is 46.2 Å². The van der Waals surface area contributed by atoms with E-state index in [4.69, 9.17) is 27.9 Å². The number of hydrogen-bond acceptors (Lipinski definition) is 8. The molecule has 0 radical (unpaired) electrons. The second kappa shape index (κ2) is 10.5. The molecule has 3 heterocycles. The van der Waals surface area contributed by atoms with Gasteiger partial charge in [0.25, 0.3) is 0 Å². The molecule has 9 nitrogen and oxygen atoms in total. The molecule has 2 fully saturated rings. The Hall–Kier alpha value is -2.33. The Morgan fingerprint density at radius 1 is 1.00 bits per heavy atom. The van der Waals surface area contributed by atoms with Crippen LogP contribution in [0.5, 0.6) is 0 Å². The lowest BCUT2D eigenvalue weighted by Gasteiger charge is -2.37. The molecule has 0 unspecified atom stereocenters. The Balaban J connectivity index is 1.39. The van der Waals surface area contributed by atoms with Crippen molar-refractivity contribution in [1.29, 1.82) is 0 Å². The van der Waals surface area contributed by atoms with E-state index < -0.39 is 4.92 Å². The number of pyridine rings is 1. The van der Waals surface area contributed by atoms with Gasteiger partial charge in [0, 0.05) is 64.1 Å². The first-order chi connectivity index (χ1) is 15.5. The molecule has 2 aromatic rings. The quantitative estimate of drug-likeness (QED) is 0.476. The molecular weight excluding hydrogens is 455 g/mol. The summed E-state index contributed by atoms with van der Waals surface area (Å²) in [5.74, 6) is 1.05. The van der Waals surface area contributed by atoms with Crippen LogP contribution in [0.15, 0.2) is 30.3 Å². The average Bonchev–Trinajstić information content (AvgIpc) is 2.81. The summed E-state index contributed by atoms with van der Waals surface area (Å²) in [6.07, 6.45) is 0. The molecule has 2 aliphatic heterocycles. The van der Waals surface area contributed by atoms with Gasteiger partial charge in [0.15, 0.2) is 0 Å². The van der Waals surface area contributed by atoms with Crippen molar-refractivity contribution in [3.05, 3.63) is 50.5 Å². The number of nitro groups is 1. The number of hydrogen-bond donors (Lipinski definition) is 1. The molecule has 172 valence electrons. The van der Waals surface area contributed by atoms with Gasteiger partial charge in [0.2, 0.25) is 5.82 Å². The van der Waals surface area contributed by atoms with E-state index in [1.54, 1.807) is 12.1 Å². The number of aromatic nitrogens is 1. The zero-order chi connectivity index (χ0) is 22.5. The summed E-state index contributed by atoms with van der Waals surface area (Å²) in [5, 5.41) is 15.7. The van der Waals surface area contributed by atoms with Crippen molar-refractivity contribution in [3.63, 3.8) is 0 Å². The molecule has 11 heteroatoms. The normalized spacial score (nSPS) is 17.4. The number of anilines is 3. The number of halogens is 2. The Kier molecular flexibility index (Phi) is 7.51. The maximum absolute atomic E-state index is 11.5. The molecule has 1 aromatic carbocycles. The van der Waals surface area contributed by atoms with Gasteiger partial charge in [0.1, 0.15) is 5.82 Å². The van der Waals surface area contributed by atoms with Gasteiger partial charge in [-0.2, -0.15) is 0 Å². The molecular formula is C21H26Cl2N6O3. The highest BCUT2D eigenvalue weighted by Crippen LogP contribution is 2.29. The van der Waals surface area contributed by atoms with Crippen LogP contribution in [0.4, 0.5) is 23.0 Å². The smallest absolute Gasteiger partial charge is 0.311 e. The summed E-state index contributed by atoms with van der Waals surface area (Å²) in [5.41, 5.74) is 1.02. The van der Waals surface area contributed by atoms with Gasteiger partial charge in [-0.1, -0.05) is 23.2 Å². The van der Waals surface area contributed by atoms with E-state index in [9.17, 15) is 10.1 Å². The first-order valence-electron chi connectivity index (χ1n) is 10.7. The van der Waals surface area contributed by atoms with Gasteiger partial charge in [-0.15, -0.1) is 0 Å². The molecule has 0 atom stereocenters. The third kappa shape index (κ3) is 5.53. The number of rotatable bonds is 7. The summed E-state index contributed by atoms with van der Waals surface area (Å²) in [7, 11) is 0. The van der Waals surface area contributed by atoms with E-state index >= 15 is 0 Å². The summed E-state index contributed by atoms with van der Waals surface area (Å²) in [4.78, 5) is 22.3. The van der Waals surface area contributed by atoms with E-state index in [1.165, 1.54) is 6.07 Å². The Bertz CT molecular complexity index is 949. The predicted octanol–water partition coefficient (Wildman–Crippen LogP) is 3.37. The highest BCUT2D eigenvalue weighted by Gasteiger charge is 2.22. The maximum Gasteiger partial charge on any atom is 0.311 e. The molecule has 32 heavy (non-hydrogen) atoms. The SMILES string of the molecule is O=[N+]([O-])c1ccc(N2CCN(c3ccc(Cl)c(Cl)c3)CC2)nc1NCCN1CCOCC1. The lowest BCUT2D eigenvalue weighted by Crippen LogP contribution is -2.46. The number of ether oxygens (including phenoxy) is 1. The maximum atomic E-state index is 11.5. The first kappa shape index (κ1) is 22.8. The second-order valence-electron chi connectivity index (χ2n) is 7.75. The summed E-state index contributed by atoms with van der Waals surface area (Å²) in [6.45, 7) is 7.64. The van der Waals surface area contributed by atoms with Crippen LogP contribution in [0.25, 0.3) is 0 Å². The number of nitrogens with zero attached hydrogens (tertiary/aromatic N) is 5. The van der Waals surface area contributed by atoms with Crippen LogP contribution in [0.3, 0.4) is 0 Å². The van der Waals surface area contributed by atoms with Crippen molar-refractivity contribution in [3.8, 4) is 0 Å². The molecule has 2 saturated heterocycles. The standard InChI is InChI=1S/C21H26Cl2N6O3/c22-17-2-1-16(15-18(17)23)27-7-9-28(10-8-27)20-4-3-19(29(30)31)21(25-20)24-5-6-26-11-13-32-14-12-26/h1-4,15H,5-14H2,(H,24,25). The van der Waals surface area contributed by atoms with Crippen LogP contribution < -0.4 is 15.1 Å².